The summed E-state index contributed by atoms with van der Waals surface area (Å²) in [7, 11) is 0. The number of benzene rings is 2. The normalized spacial score (nSPS) is 19.1. The Balaban J connectivity index is 1.82. The molecule has 0 aromatic heterocycles. The van der Waals surface area contributed by atoms with Crippen LogP contribution in [0.15, 0.2) is 54.6 Å². The third-order valence-electron chi connectivity index (χ3n) is 4.76. The van der Waals surface area contributed by atoms with E-state index in [-0.39, 0.29) is 18.3 Å². The standard InChI is InChI=1S/C20H20FNO3/c21-18-9-5-4-8-15(18)13-22(12-14-6-2-1-3-7-14)19(23)16-10-11-17(16)20(24)25/h1-9,16-17H,10-13H2,(H,24,25)/t16-,17-/m1/s1. The van der Waals surface area contributed by atoms with Crippen molar-refractivity contribution in [2.75, 3.05) is 0 Å². The number of hydrogen-bond acceptors (Lipinski definition) is 2. The number of aliphatic carboxylic acids is 1. The average Bonchev–Trinajstić information content (AvgIpc) is 2.55. The summed E-state index contributed by atoms with van der Waals surface area (Å²) >= 11 is 0. The van der Waals surface area contributed by atoms with E-state index in [0.29, 0.717) is 24.9 Å². The van der Waals surface area contributed by atoms with Crippen LogP contribution in [-0.4, -0.2) is 21.9 Å². The van der Waals surface area contributed by atoms with Crippen LogP contribution in [0, 0.1) is 17.7 Å². The summed E-state index contributed by atoms with van der Waals surface area (Å²) in [5, 5.41) is 9.23. The van der Waals surface area contributed by atoms with Crippen molar-refractivity contribution < 1.29 is 19.1 Å². The van der Waals surface area contributed by atoms with Crippen LogP contribution in [0.2, 0.25) is 0 Å². The van der Waals surface area contributed by atoms with Crippen LogP contribution in [-0.2, 0) is 22.7 Å². The summed E-state index contributed by atoms with van der Waals surface area (Å²) in [6, 6.07) is 15.8. The molecule has 2 aromatic carbocycles. The Morgan fingerprint density at radius 3 is 2.20 bits per heavy atom. The number of amides is 1. The first-order chi connectivity index (χ1) is 12.1. The molecule has 2 aromatic rings. The molecule has 1 saturated carbocycles. The highest BCUT2D eigenvalue weighted by Gasteiger charge is 2.43. The van der Waals surface area contributed by atoms with Crippen molar-refractivity contribution in [3.63, 3.8) is 0 Å². The molecular weight excluding hydrogens is 321 g/mol. The van der Waals surface area contributed by atoms with Crippen molar-refractivity contribution in [2.24, 2.45) is 11.8 Å². The molecule has 1 aliphatic carbocycles. The number of nitrogens with zero attached hydrogens (tertiary/aromatic N) is 1. The summed E-state index contributed by atoms with van der Waals surface area (Å²) in [5.74, 6) is -2.67. The molecule has 1 fully saturated rings. The molecule has 3 rings (SSSR count). The second kappa shape index (κ2) is 7.47. The molecule has 1 aliphatic rings. The van der Waals surface area contributed by atoms with Gasteiger partial charge in [0.25, 0.3) is 0 Å². The van der Waals surface area contributed by atoms with Crippen molar-refractivity contribution in [1.29, 1.82) is 0 Å². The molecule has 130 valence electrons. The summed E-state index contributed by atoms with van der Waals surface area (Å²) in [6.45, 7) is 0.458. The van der Waals surface area contributed by atoms with Gasteiger partial charge in [0.15, 0.2) is 0 Å². The minimum absolute atomic E-state index is 0.128. The Bertz CT molecular complexity index is 763. The smallest absolute Gasteiger partial charge is 0.307 e. The van der Waals surface area contributed by atoms with E-state index in [1.54, 1.807) is 23.1 Å². The third-order valence-corrected chi connectivity index (χ3v) is 4.76. The van der Waals surface area contributed by atoms with Gasteiger partial charge >= 0.3 is 5.97 Å². The molecule has 0 aliphatic heterocycles. The van der Waals surface area contributed by atoms with Crippen molar-refractivity contribution in [3.05, 3.63) is 71.5 Å². The predicted octanol–water partition coefficient (Wildman–Crippen LogP) is 3.47. The van der Waals surface area contributed by atoms with E-state index in [0.717, 1.165) is 5.56 Å². The quantitative estimate of drug-likeness (QED) is 0.875. The SMILES string of the molecule is O=C(O)[C@@H]1CC[C@H]1C(=O)N(Cc1ccccc1)Cc1ccccc1F. The summed E-state index contributed by atoms with van der Waals surface area (Å²) in [5.41, 5.74) is 1.36. The van der Waals surface area contributed by atoms with E-state index >= 15 is 0 Å². The van der Waals surface area contributed by atoms with Gasteiger partial charge in [0.05, 0.1) is 11.8 Å². The fraction of sp³-hybridized carbons (Fsp3) is 0.300. The summed E-state index contributed by atoms with van der Waals surface area (Å²) in [6.07, 6.45) is 1.09. The summed E-state index contributed by atoms with van der Waals surface area (Å²) < 4.78 is 14.0. The maximum absolute atomic E-state index is 14.0. The lowest BCUT2D eigenvalue weighted by atomic mass is 9.73. The highest BCUT2D eigenvalue weighted by atomic mass is 19.1. The Labute approximate surface area is 145 Å². The van der Waals surface area contributed by atoms with Crippen molar-refractivity contribution in [3.8, 4) is 0 Å². The molecule has 2 atom stereocenters. The van der Waals surface area contributed by atoms with Crippen molar-refractivity contribution >= 4 is 11.9 Å². The molecule has 4 nitrogen and oxygen atoms in total. The fourth-order valence-electron chi connectivity index (χ4n) is 3.17. The first-order valence-corrected chi connectivity index (χ1v) is 8.35. The molecule has 25 heavy (non-hydrogen) atoms. The van der Waals surface area contributed by atoms with Crippen molar-refractivity contribution in [2.45, 2.75) is 25.9 Å². The predicted molar refractivity (Wildman–Crippen MR) is 90.9 cm³/mol. The van der Waals surface area contributed by atoms with Crippen LogP contribution in [0.5, 0.6) is 0 Å². The minimum atomic E-state index is -0.935. The maximum Gasteiger partial charge on any atom is 0.307 e. The van der Waals surface area contributed by atoms with Gasteiger partial charge in [-0.15, -0.1) is 0 Å². The first-order valence-electron chi connectivity index (χ1n) is 8.35. The molecule has 0 saturated heterocycles. The lowest BCUT2D eigenvalue weighted by Gasteiger charge is -2.36. The molecule has 0 unspecified atom stereocenters. The van der Waals surface area contributed by atoms with Gasteiger partial charge in [-0.1, -0.05) is 48.5 Å². The molecule has 1 amide bonds. The molecule has 1 N–H and O–H groups in total. The number of hydrogen-bond donors (Lipinski definition) is 1. The van der Waals surface area contributed by atoms with Crippen LogP contribution < -0.4 is 0 Å². The van der Waals surface area contributed by atoms with Crippen LogP contribution >= 0.6 is 0 Å². The van der Waals surface area contributed by atoms with Gasteiger partial charge in [-0.25, -0.2) is 4.39 Å². The fourth-order valence-corrected chi connectivity index (χ4v) is 3.17. The highest BCUT2D eigenvalue weighted by Crippen LogP contribution is 2.36. The van der Waals surface area contributed by atoms with Crippen molar-refractivity contribution in [1.82, 2.24) is 4.90 Å². The Hall–Kier alpha value is -2.69. The first kappa shape index (κ1) is 17.1. The largest absolute Gasteiger partial charge is 0.481 e. The number of carbonyl (C=O) groups is 2. The highest BCUT2D eigenvalue weighted by molar-refractivity contribution is 5.86. The zero-order valence-corrected chi connectivity index (χ0v) is 13.8. The van der Waals surface area contributed by atoms with Gasteiger partial charge in [0, 0.05) is 18.7 Å². The molecule has 5 heteroatoms. The van der Waals surface area contributed by atoms with E-state index in [4.69, 9.17) is 0 Å². The van der Waals surface area contributed by atoms with Gasteiger partial charge in [-0.3, -0.25) is 9.59 Å². The lowest BCUT2D eigenvalue weighted by Crippen LogP contribution is -2.45. The minimum Gasteiger partial charge on any atom is -0.481 e. The molecule has 0 radical (unpaired) electrons. The average molecular weight is 341 g/mol. The Morgan fingerprint density at radius 2 is 1.60 bits per heavy atom. The second-order valence-electron chi connectivity index (χ2n) is 6.40. The van der Waals surface area contributed by atoms with E-state index in [1.807, 2.05) is 30.3 Å². The zero-order valence-electron chi connectivity index (χ0n) is 13.8. The van der Waals surface area contributed by atoms with Gasteiger partial charge < -0.3 is 10.0 Å². The Kier molecular flexibility index (Phi) is 5.12. The monoisotopic (exact) mass is 341 g/mol. The Morgan fingerprint density at radius 1 is 0.960 bits per heavy atom. The van der Waals surface area contributed by atoms with E-state index in [1.165, 1.54) is 6.07 Å². The van der Waals surface area contributed by atoms with E-state index in [2.05, 4.69) is 0 Å². The van der Waals surface area contributed by atoms with Crippen LogP contribution in [0.3, 0.4) is 0 Å². The maximum atomic E-state index is 14.0. The number of halogens is 1. The second-order valence-corrected chi connectivity index (χ2v) is 6.40. The topological polar surface area (TPSA) is 57.6 Å². The van der Waals surface area contributed by atoms with Crippen LogP contribution in [0.1, 0.15) is 24.0 Å². The number of carboxylic acids is 1. The zero-order chi connectivity index (χ0) is 17.8. The van der Waals surface area contributed by atoms with Crippen LogP contribution in [0.4, 0.5) is 4.39 Å². The van der Waals surface area contributed by atoms with E-state index in [9.17, 15) is 19.1 Å². The number of carbonyl (C=O) groups excluding carboxylic acids is 1. The van der Waals surface area contributed by atoms with Gasteiger partial charge in [-0.2, -0.15) is 0 Å². The van der Waals surface area contributed by atoms with Gasteiger partial charge in [0.2, 0.25) is 5.91 Å². The van der Waals surface area contributed by atoms with E-state index < -0.39 is 17.8 Å². The third kappa shape index (κ3) is 3.87. The van der Waals surface area contributed by atoms with Crippen LogP contribution in [0.25, 0.3) is 0 Å². The molecule has 0 spiro atoms. The molecular formula is C20H20FNO3. The van der Waals surface area contributed by atoms with Gasteiger partial charge in [-0.05, 0) is 24.5 Å². The number of carboxylic acid groups (broad SMARTS) is 1. The molecule has 0 bridgehead atoms. The molecule has 0 heterocycles. The number of rotatable bonds is 6. The lowest BCUT2D eigenvalue weighted by molar-refractivity contribution is -0.157. The summed E-state index contributed by atoms with van der Waals surface area (Å²) in [4.78, 5) is 25.7. The van der Waals surface area contributed by atoms with Gasteiger partial charge in [0.1, 0.15) is 5.82 Å².